The van der Waals surface area contributed by atoms with E-state index in [1.54, 1.807) is 12.4 Å². The van der Waals surface area contributed by atoms with Crippen LogP contribution in [0.25, 0.3) is 0 Å². The van der Waals surface area contributed by atoms with Crippen molar-refractivity contribution in [3.63, 3.8) is 0 Å². The Morgan fingerprint density at radius 3 is 2.82 bits per heavy atom. The molecule has 0 saturated heterocycles. The molecule has 2 aromatic heterocycles. The molecule has 0 unspecified atom stereocenters. The molecule has 17 heavy (non-hydrogen) atoms. The van der Waals surface area contributed by atoms with Gasteiger partial charge in [-0.3, -0.25) is 9.97 Å². The second-order valence-corrected chi connectivity index (χ2v) is 4.00. The van der Waals surface area contributed by atoms with Gasteiger partial charge < -0.3 is 11.1 Å². The largest absolute Gasteiger partial charge is 0.388 e. The summed E-state index contributed by atoms with van der Waals surface area (Å²) in [5.41, 5.74) is 8.91. The molecule has 3 N–H and O–H groups in total. The molecule has 0 atom stereocenters. The predicted molar refractivity (Wildman–Crippen MR) is 72.4 cm³/mol. The molecule has 0 aliphatic rings. The Morgan fingerprint density at radius 2 is 2.12 bits per heavy atom. The number of aryl methyl sites for hydroxylation is 1. The third-order valence-electron chi connectivity index (χ3n) is 2.30. The lowest BCUT2D eigenvalue weighted by Crippen LogP contribution is -2.11. The van der Waals surface area contributed by atoms with Crippen LogP contribution in [0, 0.1) is 6.92 Å². The number of thiocarbonyl (C=S) groups is 1. The summed E-state index contributed by atoms with van der Waals surface area (Å²) in [6, 6.07) is 7.51. The fourth-order valence-electron chi connectivity index (χ4n) is 1.41. The predicted octanol–water partition coefficient (Wildman–Crippen LogP) is 2.16. The maximum atomic E-state index is 5.53. The van der Waals surface area contributed by atoms with Gasteiger partial charge in [0.05, 0.1) is 17.1 Å². The highest BCUT2D eigenvalue weighted by Gasteiger charge is 2.02. The van der Waals surface area contributed by atoms with Gasteiger partial charge >= 0.3 is 0 Å². The summed E-state index contributed by atoms with van der Waals surface area (Å²) in [6.07, 6.45) is 3.43. The molecule has 0 bridgehead atoms. The van der Waals surface area contributed by atoms with E-state index in [1.165, 1.54) is 0 Å². The summed E-state index contributed by atoms with van der Waals surface area (Å²) in [5, 5.41) is 3.25. The van der Waals surface area contributed by atoms with Gasteiger partial charge in [0.25, 0.3) is 0 Å². The fourth-order valence-corrected chi connectivity index (χ4v) is 1.53. The lowest BCUT2D eigenvalue weighted by atomic mass is 10.2. The van der Waals surface area contributed by atoms with Crippen LogP contribution in [-0.2, 0) is 0 Å². The molecule has 0 amide bonds. The van der Waals surface area contributed by atoms with Crippen LogP contribution in [0.2, 0.25) is 0 Å². The fraction of sp³-hybridized carbons (Fsp3) is 0.0833. The zero-order chi connectivity index (χ0) is 12.3. The van der Waals surface area contributed by atoms with Gasteiger partial charge in [0, 0.05) is 18.1 Å². The highest BCUT2D eigenvalue weighted by atomic mass is 32.1. The molecular formula is C12H12N4S. The smallest absolute Gasteiger partial charge is 0.122 e. The maximum absolute atomic E-state index is 5.53. The van der Waals surface area contributed by atoms with E-state index in [4.69, 9.17) is 18.0 Å². The van der Waals surface area contributed by atoms with E-state index in [0.29, 0.717) is 5.69 Å². The van der Waals surface area contributed by atoms with Crippen LogP contribution < -0.4 is 11.1 Å². The molecule has 86 valence electrons. The highest BCUT2D eigenvalue weighted by molar-refractivity contribution is 7.80. The third-order valence-corrected chi connectivity index (χ3v) is 2.51. The zero-order valence-corrected chi connectivity index (χ0v) is 10.2. The number of nitrogens with zero attached hydrogens (tertiary/aromatic N) is 2. The minimum absolute atomic E-state index is 0.288. The molecular weight excluding hydrogens is 232 g/mol. The molecule has 2 heterocycles. The summed E-state index contributed by atoms with van der Waals surface area (Å²) in [7, 11) is 0. The average molecular weight is 244 g/mol. The second-order valence-electron chi connectivity index (χ2n) is 3.56. The zero-order valence-electron chi connectivity index (χ0n) is 9.34. The molecule has 0 aliphatic heterocycles. The van der Waals surface area contributed by atoms with E-state index in [0.717, 1.165) is 17.1 Å². The first-order chi connectivity index (χ1) is 8.16. The van der Waals surface area contributed by atoms with Crippen molar-refractivity contribution in [2.45, 2.75) is 6.92 Å². The van der Waals surface area contributed by atoms with Crippen molar-refractivity contribution in [3.05, 3.63) is 48.0 Å². The van der Waals surface area contributed by atoms with Crippen LogP contribution in [0.4, 0.5) is 11.4 Å². The lowest BCUT2D eigenvalue weighted by Gasteiger charge is -2.09. The number of rotatable bonds is 3. The number of anilines is 2. The van der Waals surface area contributed by atoms with Gasteiger partial charge in [-0.1, -0.05) is 12.2 Å². The van der Waals surface area contributed by atoms with Crippen molar-refractivity contribution in [3.8, 4) is 0 Å². The normalized spacial score (nSPS) is 9.94. The number of hydrogen-bond donors (Lipinski definition) is 2. The molecule has 0 fully saturated rings. The first-order valence-corrected chi connectivity index (χ1v) is 5.52. The summed E-state index contributed by atoms with van der Waals surface area (Å²) >= 11 is 4.89. The van der Waals surface area contributed by atoms with Crippen molar-refractivity contribution in [1.29, 1.82) is 0 Å². The number of nitrogens with two attached hydrogens (primary N) is 1. The molecule has 2 rings (SSSR count). The van der Waals surface area contributed by atoms with E-state index in [2.05, 4.69) is 15.3 Å². The van der Waals surface area contributed by atoms with Gasteiger partial charge in [-0.25, -0.2) is 0 Å². The van der Waals surface area contributed by atoms with E-state index < -0.39 is 0 Å². The Labute approximate surface area is 105 Å². The van der Waals surface area contributed by atoms with E-state index >= 15 is 0 Å². The molecule has 0 radical (unpaired) electrons. The monoisotopic (exact) mass is 244 g/mol. The second kappa shape index (κ2) is 4.88. The van der Waals surface area contributed by atoms with Crippen LogP contribution in [0.1, 0.15) is 11.4 Å². The SMILES string of the molecule is Cc1ncccc1Nc1ccnc(C(N)=S)c1. The first kappa shape index (κ1) is 11.5. The van der Waals surface area contributed by atoms with Crippen molar-refractivity contribution < 1.29 is 0 Å². The highest BCUT2D eigenvalue weighted by Crippen LogP contribution is 2.18. The van der Waals surface area contributed by atoms with Crippen molar-refractivity contribution >= 4 is 28.6 Å². The van der Waals surface area contributed by atoms with E-state index in [1.807, 2.05) is 31.2 Å². The number of nitrogens with one attached hydrogen (secondary N) is 1. The third kappa shape index (κ3) is 2.76. The van der Waals surface area contributed by atoms with Crippen molar-refractivity contribution in [2.24, 2.45) is 5.73 Å². The van der Waals surface area contributed by atoms with Crippen LogP contribution >= 0.6 is 12.2 Å². The summed E-state index contributed by atoms with van der Waals surface area (Å²) in [5.74, 6) is 0. The number of aromatic nitrogens is 2. The van der Waals surface area contributed by atoms with Gasteiger partial charge in [0.15, 0.2) is 0 Å². The quantitative estimate of drug-likeness (QED) is 0.810. The minimum Gasteiger partial charge on any atom is -0.388 e. The Bertz CT molecular complexity index is 554. The molecule has 0 aliphatic carbocycles. The Morgan fingerprint density at radius 1 is 1.29 bits per heavy atom. The number of hydrogen-bond acceptors (Lipinski definition) is 4. The van der Waals surface area contributed by atoms with E-state index in [-0.39, 0.29) is 4.99 Å². The molecule has 2 aromatic rings. The molecule has 0 spiro atoms. The Balaban J connectivity index is 2.28. The van der Waals surface area contributed by atoms with Crippen LogP contribution in [0.5, 0.6) is 0 Å². The van der Waals surface area contributed by atoms with Gasteiger partial charge in [0.2, 0.25) is 0 Å². The topological polar surface area (TPSA) is 63.8 Å². The summed E-state index contributed by atoms with van der Waals surface area (Å²) < 4.78 is 0. The van der Waals surface area contributed by atoms with Gasteiger partial charge in [0.1, 0.15) is 4.99 Å². The minimum atomic E-state index is 0.288. The summed E-state index contributed by atoms with van der Waals surface area (Å²) in [6.45, 7) is 1.94. The molecule has 4 nitrogen and oxygen atoms in total. The molecule has 0 saturated carbocycles. The lowest BCUT2D eigenvalue weighted by molar-refractivity contribution is 1.20. The van der Waals surface area contributed by atoms with Crippen LogP contribution in [0.15, 0.2) is 36.7 Å². The Hall–Kier alpha value is -2.01. The van der Waals surface area contributed by atoms with Gasteiger partial charge in [-0.2, -0.15) is 0 Å². The van der Waals surface area contributed by atoms with Gasteiger partial charge in [-0.05, 0) is 31.2 Å². The first-order valence-electron chi connectivity index (χ1n) is 5.11. The maximum Gasteiger partial charge on any atom is 0.122 e. The van der Waals surface area contributed by atoms with Crippen molar-refractivity contribution in [2.75, 3.05) is 5.32 Å². The van der Waals surface area contributed by atoms with Crippen molar-refractivity contribution in [1.82, 2.24) is 9.97 Å². The number of pyridine rings is 2. The molecule has 5 heteroatoms. The van der Waals surface area contributed by atoms with Gasteiger partial charge in [-0.15, -0.1) is 0 Å². The molecule has 0 aromatic carbocycles. The Kier molecular flexibility index (Phi) is 3.30. The van der Waals surface area contributed by atoms with Crippen LogP contribution in [-0.4, -0.2) is 15.0 Å². The standard InChI is InChI=1S/C12H12N4S/c1-8-10(3-2-5-14-8)16-9-4-6-15-11(7-9)12(13)17/h2-7H,1H3,(H2,13,17)(H,15,16). The van der Waals surface area contributed by atoms with Crippen LogP contribution in [0.3, 0.4) is 0 Å². The van der Waals surface area contributed by atoms with E-state index in [9.17, 15) is 0 Å². The summed E-state index contributed by atoms with van der Waals surface area (Å²) in [4.78, 5) is 8.57. The average Bonchev–Trinajstić information content (AvgIpc) is 2.32.